The van der Waals surface area contributed by atoms with Crippen LogP contribution in [0.5, 0.6) is 0 Å². The van der Waals surface area contributed by atoms with Crippen molar-refractivity contribution >= 4 is 40.8 Å². The summed E-state index contributed by atoms with van der Waals surface area (Å²) in [7, 11) is 1.36. The van der Waals surface area contributed by atoms with Gasteiger partial charge in [-0.3, -0.25) is 4.79 Å². The number of hydrogen-bond donors (Lipinski definition) is 1. The lowest BCUT2D eigenvalue weighted by Crippen LogP contribution is -2.31. The van der Waals surface area contributed by atoms with E-state index in [1.165, 1.54) is 20.1 Å². The van der Waals surface area contributed by atoms with Gasteiger partial charge in [0, 0.05) is 12.1 Å². The standard InChI is InChI=1S/C12H13Cl2NO4/c1-7(19-11(16)6-18-2)12(17)15-10-5-8(13)3-4-9(10)14/h3-5,7H,6H2,1-2H3,(H,15,17)/t7-/m0/s1. The van der Waals surface area contributed by atoms with Crippen LogP contribution in [0.4, 0.5) is 5.69 Å². The molecule has 0 aromatic heterocycles. The molecule has 1 N–H and O–H groups in total. The fourth-order valence-electron chi connectivity index (χ4n) is 1.23. The van der Waals surface area contributed by atoms with Gasteiger partial charge in [0.05, 0.1) is 10.7 Å². The van der Waals surface area contributed by atoms with Crippen LogP contribution >= 0.6 is 23.2 Å². The fraction of sp³-hybridized carbons (Fsp3) is 0.333. The zero-order valence-corrected chi connectivity index (χ0v) is 11.9. The van der Waals surface area contributed by atoms with Crippen molar-refractivity contribution in [3.05, 3.63) is 28.2 Å². The highest BCUT2D eigenvalue weighted by atomic mass is 35.5. The lowest BCUT2D eigenvalue weighted by atomic mass is 10.3. The number of esters is 1. The van der Waals surface area contributed by atoms with Crippen LogP contribution in [0.15, 0.2) is 18.2 Å². The first-order chi connectivity index (χ1) is 8.93. The number of amides is 1. The van der Waals surface area contributed by atoms with Gasteiger partial charge < -0.3 is 14.8 Å². The molecule has 0 unspecified atom stereocenters. The van der Waals surface area contributed by atoms with Gasteiger partial charge in [-0.2, -0.15) is 0 Å². The SMILES string of the molecule is COCC(=O)O[C@@H](C)C(=O)Nc1cc(Cl)ccc1Cl. The number of carbonyl (C=O) groups excluding carboxylic acids is 2. The Labute approximate surface area is 120 Å². The van der Waals surface area contributed by atoms with E-state index in [9.17, 15) is 9.59 Å². The molecule has 0 heterocycles. The van der Waals surface area contributed by atoms with Gasteiger partial charge in [0.15, 0.2) is 6.10 Å². The number of methoxy groups -OCH3 is 1. The van der Waals surface area contributed by atoms with Crippen molar-refractivity contribution in [1.82, 2.24) is 0 Å². The maximum atomic E-state index is 11.8. The molecule has 7 heteroatoms. The molecule has 0 radical (unpaired) electrons. The second-order valence-corrected chi connectivity index (χ2v) is 4.52. The van der Waals surface area contributed by atoms with Crippen LogP contribution in [0, 0.1) is 0 Å². The molecule has 5 nitrogen and oxygen atoms in total. The Bertz CT molecular complexity index is 479. The monoisotopic (exact) mass is 305 g/mol. The molecule has 1 aromatic rings. The molecule has 104 valence electrons. The molecule has 0 bridgehead atoms. The Kier molecular flexibility index (Phi) is 6.08. The summed E-state index contributed by atoms with van der Waals surface area (Å²) >= 11 is 11.7. The highest BCUT2D eigenvalue weighted by molar-refractivity contribution is 6.35. The molecule has 0 aliphatic rings. The molecule has 0 aliphatic heterocycles. The van der Waals surface area contributed by atoms with E-state index < -0.39 is 18.0 Å². The van der Waals surface area contributed by atoms with E-state index in [4.69, 9.17) is 27.9 Å². The van der Waals surface area contributed by atoms with Gasteiger partial charge >= 0.3 is 5.97 Å². The number of rotatable bonds is 5. The van der Waals surface area contributed by atoms with Crippen molar-refractivity contribution in [2.24, 2.45) is 0 Å². The minimum atomic E-state index is -0.960. The summed E-state index contributed by atoms with van der Waals surface area (Å²) in [5.41, 5.74) is 0.355. The molecule has 0 spiro atoms. The summed E-state index contributed by atoms with van der Waals surface area (Å²) in [6.45, 7) is 1.23. The average molecular weight is 306 g/mol. The average Bonchev–Trinajstić information content (AvgIpc) is 2.34. The lowest BCUT2D eigenvalue weighted by molar-refractivity contribution is -0.156. The lowest BCUT2D eigenvalue weighted by Gasteiger charge is -2.14. The van der Waals surface area contributed by atoms with Gasteiger partial charge in [0.25, 0.3) is 5.91 Å². The van der Waals surface area contributed by atoms with Gasteiger partial charge in [0.1, 0.15) is 6.61 Å². The van der Waals surface area contributed by atoms with Gasteiger partial charge in [0.2, 0.25) is 0 Å². The summed E-state index contributed by atoms with van der Waals surface area (Å²) in [6, 6.07) is 4.66. The van der Waals surface area contributed by atoms with Gasteiger partial charge in [-0.15, -0.1) is 0 Å². The van der Waals surface area contributed by atoms with Gasteiger partial charge in [-0.25, -0.2) is 4.79 Å². The third-order valence-corrected chi connectivity index (χ3v) is 2.69. The number of hydrogen-bond acceptors (Lipinski definition) is 4. The summed E-state index contributed by atoms with van der Waals surface area (Å²) in [5.74, 6) is -1.13. The first-order valence-electron chi connectivity index (χ1n) is 5.38. The van der Waals surface area contributed by atoms with Crippen LogP contribution in [-0.2, 0) is 19.1 Å². The number of nitrogens with one attached hydrogen (secondary N) is 1. The summed E-state index contributed by atoms with van der Waals surface area (Å²) < 4.78 is 9.44. The molecule has 0 aliphatic carbocycles. The third-order valence-electron chi connectivity index (χ3n) is 2.13. The molecule has 0 saturated carbocycles. The van der Waals surface area contributed by atoms with Crippen molar-refractivity contribution in [2.75, 3.05) is 19.0 Å². The van der Waals surface area contributed by atoms with E-state index in [1.807, 2.05) is 0 Å². The van der Waals surface area contributed by atoms with Crippen LogP contribution in [0.1, 0.15) is 6.92 Å². The second-order valence-electron chi connectivity index (χ2n) is 3.68. The zero-order chi connectivity index (χ0) is 14.4. The molecular formula is C12H13Cl2NO4. The van der Waals surface area contributed by atoms with E-state index in [-0.39, 0.29) is 6.61 Å². The van der Waals surface area contributed by atoms with Crippen molar-refractivity contribution in [3.63, 3.8) is 0 Å². The predicted molar refractivity (Wildman–Crippen MR) is 72.5 cm³/mol. The molecule has 0 fully saturated rings. The molecule has 1 aromatic carbocycles. The molecule has 1 atom stereocenters. The number of ether oxygens (including phenoxy) is 2. The topological polar surface area (TPSA) is 64.6 Å². The smallest absolute Gasteiger partial charge is 0.332 e. The first-order valence-corrected chi connectivity index (χ1v) is 6.14. The van der Waals surface area contributed by atoms with Gasteiger partial charge in [-0.1, -0.05) is 23.2 Å². The third kappa shape index (κ3) is 5.06. The second kappa shape index (κ2) is 7.33. The molecule has 1 amide bonds. The quantitative estimate of drug-likeness (QED) is 0.849. The summed E-state index contributed by atoms with van der Waals surface area (Å²) in [6.07, 6.45) is -0.960. The number of carbonyl (C=O) groups is 2. The maximum absolute atomic E-state index is 11.8. The van der Waals surface area contributed by atoms with Crippen LogP contribution < -0.4 is 5.32 Å². The highest BCUT2D eigenvalue weighted by Crippen LogP contribution is 2.25. The van der Waals surface area contributed by atoms with E-state index in [2.05, 4.69) is 10.1 Å². The Morgan fingerprint density at radius 3 is 2.68 bits per heavy atom. The largest absolute Gasteiger partial charge is 0.451 e. The number of benzene rings is 1. The van der Waals surface area contributed by atoms with Crippen LogP contribution in [-0.4, -0.2) is 31.7 Å². The van der Waals surface area contributed by atoms with Crippen LogP contribution in [0.25, 0.3) is 0 Å². The normalized spacial score (nSPS) is 11.8. The number of anilines is 1. The van der Waals surface area contributed by atoms with Crippen molar-refractivity contribution < 1.29 is 19.1 Å². The van der Waals surface area contributed by atoms with Crippen LogP contribution in [0.3, 0.4) is 0 Å². The zero-order valence-electron chi connectivity index (χ0n) is 10.4. The van der Waals surface area contributed by atoms with E-state index in [0.717, 1.165) is 0 Å². The van der Waals surface area contributed by atoms with Crippen molar-refractivity contribution in [2.45, 2.75) is 13.0 Å². The Balaban J connectivity index is 2.63. The van der Waals surface area contributed by atoms with Crippen molar-refractivity contribution in [3.8, 4) is 0 Å². The molecule has 19 heavy (non-hydrogen) atoms. The Hall–Kier alpha value is -1.30. The summed E-state index contributed by atoms with van der Waals surface area (Å²) in [4.78, 5) is 22.9. The van der Waals surface area contributed by atoms with Crippen molar-refractivity contribution in [1.29, 1.82) is 0 Å². The molecule has 0 saturated heterocycles. The van der Waals surface area contributed by atoms with Gasteiger partial charge in [-0.05, 0) is 25.1 Å². The Morgan fingerprint density at radius 2 is 2.05 bits per heavy atom. The summed E-state index contributed by atoms with van der Waals surface area (Å²) in [5, 5.41) is 3.30. The van der Waals surface area contributed by atoms with E-state index in [0.29, 0.717) is 15.7 Å². The van der Waals surface area contributed by atoms with E-state index in [1.54, 1.807) is 12.1 Å². The highest BCUT2D eigenvalue weighted by Gasteiger charge is 2.18. The molecular weight excluding hydrogens is 293 g/mol. The first kappa shape index (κ1) is 15.8. The fourth-order valence-corrected chi connectivity index (χ4v) is 1.57. The minimum absolute atomic E-state index is 0.213. The van der Waals surface area contributed by atoms with Crippen LogP contribution in [0.2, 0.25) is 10.0 Å². The van der Waals surface area contributed by atoms with E-state index >= 15 is 0 Å². The molecule has 1 rings (SSSR count). The predicted octanol–water partition coefficient (Wildman–Crippen LogP) is 2.51. The minimum Gasteiger partial charge on any atom is -0.451 e. The maximum Gasteiger partial charge on any atom is 0.332 e. The number of halogens is 2. The Morgan fingerprint density at radius 1 is 1.37 bits per heavy atom.